The summed E-state index contributed by atoms with van der Waals surface area (Å²) in [7, 11) is 0. The van der Waals surface area contributed by atoms with Crippen LogP contribution in [0.1, 0.15) is 24.4 Å². The summed E-state index contributed by atoms with van der Waals surface area (Å²) in [5, 5.41) is 0. The highest BCUT2D eigenvalue weighted by Gasteiger charge is 2.31. The third-order valence-electron chi connectivity index (χ3n) is 2.50. The number of hydrazine groups is 1. The Balaban J connectivity index is 2.17. The molecule has 0 saturated heterocycles. The standard InChI is InChI=1S/C10H13FN2/c11-9-5-3-8(4-6-9)10(13-12)7-1-2-7/h3-7,10,13H,1-2,12H2/t10-/m1/s1. The van der Waals surface area contributed by atoms with Crippen LogP contribution in [0.4, 0.5) is 4.39 Å². The smallest absolute Gasteiger partial charge is 0.123 e. The third kappa shape index (κ3) is 1.87. The summed E-state index contributed by atoms with van der Waals surface area (Å²) in [5.74, 6) is 5.88. The zero-order valence-electron chi connectivity index (χ0n) is 7.33. The van der Waals surface area contributed by atoms with Gasteiger partial charge in [0.2, 0.25) is 0 Å². The van der Waals surface area contributed by atoms with Gasteiger partial charge in [-0.1, -0.05) is 12.1 Å². The highest BCUT2D eigenvalue weighted by atomic mass is 19.1. The van der Waals surface area contributed by atoms with Crippen molar-refractivity contribution in [3.8, 4) is 0 Å². The van der Waals surface area contributed by atoms with Crippen LogP contribution in [0.15, 0.2) is 24.3 Å². The van der Waals surface area contributed by atoms with E-state index >= 15 is 0 Å². The number of halogens is 1. The Morgan fingerprint density at radius 3 is 2.38 bits per heavy atom. The van der Waals surface area contributed by atoms with Crippen LogP contribution >= 0.6 is 0 Å². The van der Waals surface area contributed by atoms with E-state index in [4.69, 9.17) is 5.84 Å². The van der Waals surface area contributed by atoms with Crippen molar-refractivity contribution in [2.24, 2.45) is 11.8 Å². The lowest BCUT2D eigenvalue weighted by molar-refractivity contribution is 0.495. The summed E-state index contributed by atoms with van der Waals surface area (Å²) in [6.45, 7) is 0. The average Bonchev–Trinajstić information content (AvgIpc) is 2.93. The van der Waals surface area contributed by atoms with Crippen LogP contribution in [-0.2, 0) is 0 Å². The summed E-state index contributed by atoms with van der Waals surface area (Å²) in [5.41, 5.74) is 3.85. The lowest BCUT2D eigenvalue weighted by Gasteiger charge is -2.14. The monoisotopic (exact) mass is 180 g/mol. The minimum absolute atomic E-state index is 0.195. The Labute approximate surface area is 76.9 Å². The van der Waals surface area contributed by atoms with Gasteiger partial charge in [0.25, 0.3) is 0 Å². The SMILES string of the molecule is NN[C@@H](c1ccc(F)cc1)C1CC1. The van der Waals surface area contributed by atoms with Gasteiger partial charge in [0.05, 0.1) is 0 Å². The Morgan fingerprint density at radius 1 is 1.31 bits per heavy atom. The first kappa shape index (κ1) is 8.66. The molecule has 3 heteroatoms. The average molecular weight is 180 g/mol. The summed E-state index contributed by atoms with van der Waals surface area (Å²) >= 11 is 0. The molecule has 1 aromatic rings. The van der Waals surface area contributed by atoms with Gasteiger partial charge in [0.15, 0.2) is 0 Å². The minimum atomic E-state index is -0.199. The number of hydrogen-bond acceptors (Lipinski definition) is 2. The van der Waals surface area contributed by atoms with Crippen LogP contribution in [0.5, 0.6) is 0 Å². The molecule has 1 aromatic carbocycles. The van der Waals surface area contributed by atoms with Crippen molar-refractivity contribution in [2.75, 3.05) is 0 Å². The van der Waals surface area contributed by atoms with Crippen molar-refractivity contribution < 1.29 is 4.39 Å². The Kier molecular flexibility index (Phi) is 2.29. The van der Waals surface area contributed by atoms with Crippen LogP contribution in [0, 0.1) is 11.7 Å². The van der Waals surface area contributed by atoms with Crippen molar-refractivity contribution in [3.05, 3.63) is 35.6 Å². The lowest BCUT2D eigenvalue weighted by atomic mass is 10.0. The molecule has 1 aliphatic carbocycles. The van der Waals surface area contributed by atoms with Crippen molar-refractivity contribution >= 4 is 0 Å². The van der Waals surface area contributed by atoms with Crippen molar-refractivity contribution in [2.45, 2.75) is 18.9 Å². The Morgan fingerprint density at radius 2 is 1.92 bits per heavy atom. The van der Waals surface area contributed by atoms with Gasteiger partial charge in [-0.2, -0.15) is 0 Å². The largest absolute Gasteiger partial charge is 0.271 e. The lowest BCUT2D eigenvalue weighted by Crippen LogP contribution is -2.29. The Hall–Kier alpha value is -0.930. The number of nitrogens with one attached hydrogen (secondary N) is 1. The Bertz CT molecular complexity index is 279. The molecule has 0 bridgehead atoms. The molecule has 0 radical (unpaired) electrons. The topological polar surface area (TPSA) is 38.0 Å². The molecule has 1 aliphatic rings. The van der Waals surface area contributed by atoms with Crippen LogP contribution in [0.3, 0.4) is 0 Å². The zero-order valence-corrected chi connectivity index (χ0v) is 7.33. The molecule has 2 rings (SSSR count). The molecule has 0 amide bonds. The summed E-state index contributed by atoms with van der Waals surface area (Å²) in [6.07, 6.45) is 2.43. The fourth-order valence-electron chi connectivity index (χ4n) is 1.60. The van der Waals surface area contributed by atoms with E-state index in [1.54, 1.807) is 12.1 Å². The van der Waals surface area contributed by atoms with Crippen molar-refractivity contribution in [3.63, 3.8) is 0 Å². The molecule has 0 unspecified atom stereocenters. The zero-order chi connectivity index (χ0) is 9.26. The van der Waals surface area contributed by atoms with E-state index in [9.17, 15) is 4.39 Å². The van der Waals surface area contributed by atoms with Gasteiger partial charge in [-0.3, -0.25) is 11.3 Å². The number of nitrogens with two attached hydrogens (primary N) is 1. The molecule has 2 nitrogen and oxygen atoms in total. The maximum Gasteiger partial charge on any atom is 0.123 e. The van der Waals surface area contributed by atoms with Crippen LogP contribution in [-0.4, -0.2) is 0 Å². The van der Waals surface area contributed by atoms with Gasteiger partial charge in [-0.15, -0.1) is 0 Å². The minimum Gasteiger partial charge on any atom is -0.271 e. The fraction of sp³-hybridized carbons (Fsp3) is 0.400. The van der Waals surface area contributed by atoms with Gasteiger partial charge in [0, 0.05) is 6.04 Å². The van der Waals surface area contributed by atoms with Gasteiger partial charge in [-0.25, -0.2) is 4.39 Å². The van der Waals surface area contributed by atoms with Crippen LogP contribution in [0.2, 0.25) is 0 Å². The highest BCUT2D eigenvalue weighted by molar-refractivity contribution is 5.21. The number of benzene rings is 1. The second-order valence-electron chi connectivity index (χ2n) is 3.53. The maximum atomic E-state index is 12.6. The number of rotatable bonds is 3. The molecular formula is C10H13FN2. The molecule has 0 aromatic heterocycles. The molecule has 13 heavy (non-hydrogen) atoms. The molecule has 0 spiro atoms. The molecular weight excluding hydrogens is 167 g/mol. The van der Waals surface area contributed by atoms with E-state index in [1.165, 1.54) is 25.0 Å². The van der Waals surface area contributed by atoms with Gasteiger partial charge >= 0.3 is 0 Å². The second kappa shape index (κ2) is 3.44. The normalized spacial score (nSPS) is 18.6. The predicted molar refractivity (Wildman–Crippen MR) is 49.2 cm³/mol. The third-order valence-corrected chi connectivity index (χ3v) is 2.50. The van der Waals surface area contributed by atoms with E-state index in [0.717, 1.165) is 5.56 Å². The molecule has 1 atom stereocenters. The molecule has 3 N–H and O–H groups in total. The molecule has 0 aliphatic heterocycles. The van der Waals surface area contributed by atoms with E-state index in [0.29, 0.717) is 5.92 Å². The second-order valence-corrected chi connectivity index (χ2v) is 3.53. The van der Waals surface area contributed by atoms with E-state index in [-0.39, 0.29) is 11.9 Å². The molecule has 1 saturated carbocycles. The van der Waals surface area contributed by atoms with Crippen molar-refractivity contribution in [1.29, 1.82) is 0 Å². The molecule has 1 fully saturated rings. The van der Waals surface area contributed by atoms with Gasteiger partial charge in [0.1, 0.15) is 5.82 Å². The number of hydrogen-bond donors (Lipinski definition) is 2. The first-order valence-electron chi connectivity index (χ1n) is 4.53. The summed E-state index contributed by atoms with van der Waals surface area (Å²) < 4.78 is 12.6. The summed E-state index contributed by atoms with van der Waals surface area (Å²) in [4.78, 5) is 0. The fourth-order valence-corrected chi connectivity index (χ4v) is 1.60. The molecule has 70 valence electrons. The van der Waals surface area contributed by atoms with Gasteiger partial charge in [-0.05, 0) is 36.5 Å². The van der Waals surface area contributed by atoms with Gasteiger partial charge < -0.3 is 0 Å². The van der Waals surface area contributed by atoms with E-state index in [2.05, 4.69) is 5.43 Å². The highest BCUT2D eigenvalue weighted by Crippen LogP contribution is 2.40. The van der Waals surface area contributed by atoms with Crippen LogP contribution in [0.25, 0.3) is 0 Å². The van der Waals surface area contributed by atoms with E-state index < -0.39 is 0 Å². The maximum absolute atomic E-state index is 12.6. The predicted octanol–water partition coefficient (Wildman–Crippen LogP) is 1.74. The van der Waals surface area contributed by atoms with E-state index in [1.807, 2.05) is 0 Å². The summed E-state index contributed by atoms with van der Waals surface area (Å²) in [6, 6.07) is 6.72. The first-order valence-corrected chi connectivity index (χ1v) is 4.53. The van der Waals surface area contributed by atoms with Crippen LogP contribution < -0.4 is 11.3 Å². The van der Waals surface area contributed by atoms with Crippen molar-refractivity contribution in [1.82, 2.24) is 5.43 Å². The first-order chi connectivity index (χ1) is 6.31. The quantitative estimate of drug-likeness (QED) is 0.549. The molecule has 0 heterocycles.